The van der Waals surface area contributed by atoms with Gasteiger partial charge in [-0.3, -0.25) is 0 Å². The van der Waals surface area contributed by atoms with Gasteiger partial charge < -0.3 is 10.1 Å². The fourth-order valence-electron chi connectivity index (χ4n) is 2.98. The lowest BCUT2D eigenvalue weighted by atomic mass is 9.86. The molecule has 3 heteroatoms. The summed E-state index contributed by atoms with van der Waals surface area (Å²) in [6, 6.07) is 0.771. The molecule has 1 N–H and O–H groups in total. The number of rotatable bonds is 6. The quantitative estimate of drug-likeness (QED) is 0.790. The van der Waals surface area contributed by atoms with Crippen LogP contribution in [0.2, 0.25) is 0 Å². The van der Waals surface area contributed by atoms with Gasteiger partial charge in [0.05, 0.1) is 0 Å². The third-order valence-electron chi connectivity index (χ3n) is 4.12. The SMILES string of the molecule is CCCNC(CC1CCOCC1)C1CCSC1. The Labute approximate surface area is 110 Å². The smallest absolute Gasteiger partial charge is 0.0468 e. The average Bonchev–Trinajstić information content (AvgIpc) is 2.89. The van der Waals surface area contributed by atoms with E-state index >= 15 is 0 Å². The van der Waals surface area contributed by atoms with Gasteiger partial charge in [0.15, 0.2) is 0 Å². The van der Waals surface area contributed by atoms with Crippen molar-refractivity contribution in [1.82, 2.24) is 5.32 Å². The minimum absolute atomic E-state index is 0.771. The molecular weight excluding hydrogens is 230 g/mol. The lowest BCUT2D eigenvalue weighted by molar-refractivity contribution is 0.0584. The Balaban J connectivity index is 1.80. The predicted molar refractivity (Wildman–Crippen MR) is 75.7 cm³/mol. The molecule has 0 aromatic heterocycles. The molecule has 0 bridgehead atoms. The lowest BCUT2D eigenvalue weighted by Gasteiger charge is -2.30. The molecule has 0 aliphatic carbocycles. The van der Waals surface area contributed by atoms with Gasteiger partial charge in [0.2, 0.25) is 0 Å². The molecule has 0 aromatic rings. The molecule has 0 amide bonds. The Bertz CT molecular complexity index is 200. The van der Waals surface area contributed by atoms with Crippen LogP contribution in [0.25, 0.3) is 0 Å². The van der Waals surface area contributed by atoms with Crippen LogP contribution < -0.4 is 5.32 Å². The monoisotopic (exact) mass is 257 g/mol. The van der Waals surface area contributed by atoms with E-state index in [1.807, 2.05) is 0 Å². The van der Waals surface area contributed by atoms with Crippen LogP contribution in [0.5, 0.6) is 0 Å². The Morgan fingerprint density at radius 1 is 1.29 bits per heavy atom. The second-order valence-electron chi connectivity index (χ2n) is 5.48. The van der Waals surface area contributed by atoms with Gasteiger partial charge in [0, 0.05) is 19.3 Å². The highest BCUT2D eigenvalue weighted by molar-refractivity contribution is 7.99. The first-order chi connectivity index (χ1) is 8.40. The molecule has 0 aromatic carbocycles. The van der Waals surface area contributed by atoms with Gasteiger partial charge in [-0.25, -0.2) is 0 Å². The van der Waals surface area contributed by atoms with E-state index in [4.69, 9.17) is 4.74 Å². The molecule has 2 heterocycles. The largest absolute Gasteiger partial charge is 0.381 e. The zero-order valence-electron chi connectivity index (χ0n) is 11.1. The predicted octanol–water partition coefficient (Wildman–Crippen LogP) is 2.92. The molecular formula is C14H27NOS. The second kappa shape index (κ2) is 7.65. The summed E-state index contributed by atoms with van der Waals surface area (Å²) in [5, 5.41) is 3.80. The summed E-state index contributed by atoms with van der Waals surface area (Å²) in [4.78, 5) is 0. The van der Waals surface area contributed by atoms with Crippen molar-refractivity contribution in [3.8, 4) is 0 Å². The van der Waals surface area contributed by atoms with Crippen LogP contribution in [0.4, 0.5) is 0 Å². The van der Waals surface area contributed by atoms with Gasteiger partial charge in [0.1, 0.15) is 0 Å². The van der Waals surface area contributed by atoms with Crippen molar-refractivity contribution < 1.29 is 4.74 Å². The molecule has 2 aliphatic rings. The molecule has 2 atom stereocenters. The van der Waals surface area contributed by atoms with E-state index in [9.17, 15) is 0 Å². The molecule has 0 spiro atoms. The van der Waals surface area contributed by atoms with Crippen LogP contribution in [0.1, 0.15) is 39.0 Å². The molecule has 17 heavy (non-hydrogen) atoms. The molecule has 2 saturated heterocycles. The van der Waals surface area contributed by atoms with Gasteiger partial charge in [-0.1, -0.05) is 6.92 Å². The van der Waals surface area contributed by atoms with E-state index in [1.54, 1.807) is 0 Å². The van der Waals surface area contributed by atoms with E-state index < -0.39 is 0 Å². The minimum atomic E-state index is 0.771. The van der Waals surface area contributed by atoms with Gasteiger partial charge in [-0.15, -0.1) is 0 Å². The molecule has 2 rings (SSSR count). The standard InChI is InChI=1S/C14H27NOS/c1-2-6-15-14(13-5-9-17-11-13)10-12-3-7-16-8-4-12/h12-15H,2-11H2,1H3. The first kappa shape index (κ1) is 13.7. The summed E-state index contributed by atoms with van der Waals surface area (Å²) in [5.41, 5.74) is 0. The van der Waals surface area contributed by atoms with Crippen LogP contribution in [-0.4, -0.2) is 37.3 Å². The highest BCUT2D eigenvalue weighted by Crippen LogP contribution is 2.31. The summed E-state index contributed by atoms with van der Waals surface area (Å²) in [6.07, 6.45) is 6.63. The van der Waals surface area contributed by atoms with Gasteiger partial charge in [-0.2, -0.15) is 11.8 Å². The molecule has 2 fully saturated rings. The Kier molecular flexibility index (Phi) is 6.16. The van der Waals surface area contributed by atoms with Gasteiger partial charge in [0.25, 0.3) is 0 Å². The van der Waals surface area contributed by atoms with E-state index in [1.165, 1.54) is 50.2 Å². The topological polar surface area (TPSA) is 21.3 Å². The third kappa shape index (κ3) is 4.46. The maximum atomic E-state index is 5.46. The maximum Gasteiger partial charge on any atom is 0.0468 e. The zero-order valence-corrected chi connectivity index (χ0v) is 11.9. The van der Waals surface area contributed by atoms with Crippen molar-refractivity contribution in [3.05, 3.63) is 0 Å². The zero-order chi connectivity index (χ0) is 11.9. The average molecular weight is 257 g/mol. The molecule has 0 saturated carbocycles. The summed E-state index contributed by atoms with van der Waals surface area (Å²) >= 11 is 2.14. The van der Waals surface area contributed by atoms with Crippen molar-refractivity contribution >= 4 is 11.8 Å². The van der Waals surface area contributed by atoms with Crippen molar-refractivity contribution in [2.45, 2.75) is 45.1 Å². The number of thioether (sulfide) groups is 1. The van der Waals surface area contributed by atoms with E-state index in [0.29, 0.717) is 0 Å². The second-order valence-corrected chi connectivity index (χ2v) is 6.63. The van der Waals surface area contributed by atoms with Crippen LogP contribution in [-0.2, 0) is 4.74 Å². The number of ether oxygens (including phenoxy) is 1. The van der Waals surface area contributed by atoms with Gasteiger partial charge in [-0.05, 0) is 62.0 Å². The number of hydrogen-bond acceptors (Lipinski definition) is 3. The Morgan fingerprint density at radius 3 is 2.76 bits per heavy atom. The highest BCUT2D eigenvalue weighted by atomic mass is 32.2. The normalized spacial score (nSPS) is 28.4. The molecule has 2 nitrogen and oxygen atoms in total. The summed E-state index contributed by atoms with van der Waals surface area (Å²) < 4.78 is 5.46. The number of hydrogen-bond donors (Lipinski definition) is 1. The van der Waals surface area contributed by atoms with E-state index in [-0.39, 0.29) is 0 Å². The fourth-order valence-corrected chi connectivity index (χ4v) is 4.32. The molecule has 100 valence electrons. The van der Waals surface area contributed by atoms with Crippen LogP contribution in [0, 0.1) is 11.8 Å². The maximum absolute atomic E-state index is 5.46. The van der Waals surface area contributed by atoms with Gasteiger partial charge >= 0.3 is 0 Å². The van der Waals surface area contributed by atoms with E-state index in [0.717, 1.165) is 31.1 Å². The minimum Gasteiger partial charge on any atom is -0.381 e. The third-order valence-corrected chi connectivity index (χ3v) is 5.31. The van der Waals surface area contributed by atoms with Crippen LogP contribution in [0.15, 0.2) is 0 Å². The lowest BCUT2D eigenvalue weighted by Crippen LogP contribution is -2.39. The van der Waals surface area contributed by atoms with Crippen molar-refractivity contribution in [2.24, 2.45) is 11.8 Å². The fraction of sp³-hybridized carbons (Fsp3) is 1.00. The van der Waals surface area contributed by atoms with Crippen molar-refractivity contribution in [1.29, 1.82) is 0 Å². The Morgan fingerprint density at radius 2 is 2.12 bits per heavy atom. The van der Waals surface area contributed by atoms with E-state index in [2.05, 4.69) is 24.0 Å². The van der Waals surface area contributed by atoms with Crippen LogP contribution >= 0.6 is 11.8 Å². The summed E-state index contributed by atoms with van der Waals surface area (Å²) in [5.74, 6) is 4.59. The van der Waals surface area contributed by atoms with Crippen molar-refractivity contribution in [3.63, 3.8) is 0 Å². The first-order valence-corrected chi connectivity index (χ1v) is 8.44. The summed E-state index contributed by atoms with van der Waals surface area (Å²) in [6.45, 7) is 5.44. The highest BCUT2D eigenvalue weighted by Gasteiger charge is 2.27. The Hall–Kier alpha value is 0.270. The number of nitrogens with one attached hydrogen (secondary N) is 1. The molecule has 0 radical (unpaired) electrons. The van der Waals surface area contributed by atoms with Crippen molar-refractivity contribution in [2.75, 3.05) is 31.3 Å². The molecule has 2 unspecified atom stereocenters. The molecule has 2 aliphatic heterocycles. The summed E-state index contributed by atoms with van der Waals surface area (Å²) in [7, 11) is 0. The van der Waals surface area contributed by atoms with Crippen LogP contribution in [0.3, 0.4) is 0 Å². The first-order valence-electron chi connectivity index (χ1n) is 7.29.